The van der Waals surface area contributed by atoms with Gasteiger partial charge in [0, 0.05) is 19.0 Å². The fraction of sp³-hybridized carbons (Fsp3) is 0.923. The monoisotopic (exact) mass is 226 g/mol. The van der Waals surface area contributed by atoms with Gasteiger partial charge in [0.1, 0.15) is 5.78 Å². The molecule has 0 bridgehead atoms. The fourth-order valence-corrected chi connectivity index (χ4v) is 2.60. The summed E-state index contributed by atoms with van der Waals surface area (Å²) in [4.78, 5) is 16.2. The van der Waals surface area contributed by atoms with Crippen LogP contribution in [0.15, 0.2) is 0 Å². The maximum Gasteiger partial charge on any atom is 0.146 e. The third-order valence-electron chi connectivity index (χ3n) is 3.40. The number of hydrogen-bond acceptors (Lipinski definition) is 3. The van der Waals surface area contributed by atoms with Crippen LogP contribution in [0.5, 0.6) is 0 Å². The van der Waals surface area contributed by atoms with E-state index in [9.17, 15) is 4.79 Å². The maximum atomic E-state index is 11.5. The van der Waals surface area contributed by atoms with Gasteiger partial charge in [-0.2, -0.15) is 0 Å². The van der Waals surface area contributed by atoms with Crippen LogP contribution in [-0.2, 0) is 4.79 Å². The summed E-state index contributed by atoms with van der Waals surface area (Å²) >= 11 is 0. The lowest BCUT2D eigenvalue weighted by molar-refractivity contribution is -0.120. The van der Waals surface area contributed by atoms with Crippen molar-refractivity contribution in [1.29, 1.82) is 0 Å². The highest BCUT2D eigenvalue weighted by Crippen LogP contribution is 2.17. The molecule has 1 heterocycles. The number of likely N-dealkylation sites (N-methyl/N-ethyl adjacent to an activating group) is 2. The zero-order valence-corrected chi connectivity index (χ0v) is 11.0. The Morgan fingerprint density at radius 2 is 2.19 bits per heavy atom. The van der Waals surface area contributed by atoms with Gasteiger partial charge in [0.05, 0.1) is 6.54 Å². The van der Waals surface area contributed by atoms with E-state index in [4.69, 9.17) is 0 Å². The molecule has 16 heavy (non-hydrogen) atoms. The summed E-state index contributed by atoms with van der Waals surface area (Å²) < 4.78 is 0. The highest BCUT2D eigenvalue weighted by molar-refractivity contribution is 5.80. The smallest absolute Gasteiger partial charge is 0.146 e. The predicted molar refractivity (Wildman–Crippen MR) is 67.7 cm³/mol. The van der Waals surface area contributed by atoms with Gasteiger partial charge in [0.25, 0.3) is 0 Å². The van der Waals surface area contributed by atoms with Gasteiger partial charge in [-0.3, -0.25) is 14.6 Å². The number of nitrogens with zero attached hydrogens (tertiary/aromatic N) is 2. The van der Waals surface area contributed by atoms with Crippen molar-refractivity contribution < 1.29 is 4.79 Å². The topological polar surface area (TPSA) is 23.6 Å². The van der Waals surface area contributed by atoms with Gasteiger partial charge in [0.2, 0.25) is 0 Å². The molecule has 0 spiro atoms. The SMILES string of the molecule is CCCC(=O)CN(C)CC1CCCN1CC. The van der Waals surface area contributed by atoms with E-state index in [0.29, 0.717) is 18.4 Å². The summed E-state index contributed by atoms with van der Waals surface area (Å²) in [5.41, 5.74) is 0. The van der Waals surface area contributed by atoms with E-state index >= 15 is 0 Å². The zero-order chi connectivity index (χ0) is 12.0. The molecule has 1 aliphatic rings. The van der Waals surface area contributed by atoms with Crippen LogP contribution >= 0.6 is 0 Å². The number of rotatable bonds is 7. The van der Waals surface area contributed by atoms with Crippen molar-refractivity contribution >= 4 is 5.78 Å². The second-order valence-corrected chi connectivity index (χ2v) is 4.91. The molecule has 94 valence electrons. The van der Waals surface area contributed by atoms with Crippen LogP contribution in [0.4, 0.5) is 0 Å². The van der Waals surface area contributed by atoms with E-state index < -0.39 is 0 Å². The largest absolute Gasteiger partial charge is 0.299 e. The van der Waals surface area contributed by atoms with Crippen molar-refractivity contribution in [3.8, 4) is 0 Å². The molecule has 0 aliphatic carbocycles. The van der Waals surface area contributed by atoms with Crippen molar-refractivity contribution in [2.45, 2.75) is 45.6 Å². The minimum absolute atomic E-state index is 0.381. The molecule has 0 saturated carbocycles. The Kier molecular flexibility index (Phi) is 5.99. The normalized spacial score (nSPS) is 21.9. The third-order valence-corrected chi connectivity index (χ3v) is 3.40. The van der Waals surface area contributed by atoms with E-state index in [1.807, 2.05) is 0 Å². The first-order valence-electron chi connectivity index (χ1n) is 6.61. The minimum Gasteiger partial charge on any atom is -0.299 e. The molecule has 1 rings (SSSR count). The number of carbonyl (C=O) groups excluding carboxylic acids is 1. The van der Waals surface area contributed by atoms with Crippen LogP contribution in [0.25, 0.3) is 0 Å². The lowest BCUT2D eigenvalue weighted by atomic mass is 10.2. The van der Waals surface area contributed by atoms with Gasteiger partial charge in [-0.1, -0.05) is 13.8 Å². The van der Waals surface area contributed by atoms with E-state index in [-0.39, 0.29) is 0 Å². The molecule has 0 aromatic carbocycles. The number of ketones is 1. The quantitative estimate of drug-likeness (QED) is 0.661. The molecule has 0 radical (unpaired) electrons. The first-order valence-corrected chi connectivity index (χ1v) is 6.61. The van der Waals surface area contributed by atoms with Crippen molar-refractivity contribution in [3.63, 3.8) is 0 Å². The second-order valence-electron chi connectivity index (χ2n) is 4.91. The fourth-order valence-electron chi connectivity index (χ4n) is 2.60. The Morgan fingerprint density at radius 3 is 2.81 bits per heavy atom. The van der Waals surface area contributed by atoms with E-state index in [0.717, 1.165) is 25.9 Å². The van der Waals surface area contributed by atoms with Crippen molar-refractivity contribution in [3.05, 3.63) is 0 Å². The number of Topliss-reactive ketones (excluding diaryl/α,β-unsaturated/α-hetero) is 1. The molecule has 0 aromatic heterocycles. The highest BCUT2D eigenvalue weighted by Gasteiger charge is 2.24. The molecule has 3 nitrogen and oxygen atoms in total. The number of hydrogen-bond donors (Lipinski definition) is 0. The highest BCUT2D eigenvalue weighted by atomic mass is 16.1. The average Bonchev–Trinajstić information content (AvgIpc) is 2.65. The van der Waals surface area contributed by atoms with E-state index in [1.54, 1.807) is 0 Å². The molecule has 1 atom stereocenters. The van der Waals surface area contributed by atoms with E-state index in [1.165, 1.54) is 19.4 Å². The average molecular weight is 226 g/mol. The maximum absolute atomic E-state index is 11.5. The van der Waals surface area contributed by atoms with Gasteiger partial charge in [-0.25, -0.2) is 0 Å². The molecule has 0 amide bonds. The van der Waals surface area contributed by atoms with Gasteiger partial charge < -0.3 is 0 Å². The minimum atomic E-state index is 0.381. The van der Waals surface area contributed by atoms with Crippen molar-refractivity contribution in [2.24, 2.45) is 0 Å². The summed E-state index contributed by atoms with van der Waals surface area (Å²) in [5, 5.41) is 0. The first kappa shape index (κ1) is 13.7. The summed E-state index contributed by atoms with van der Waals surface area (Å²) in [7, 11) is 2.07. The van der Waals surface area contributed by atoms with Crippen LogP contribution in [0, 0.1) is 0 Å². The first-order chi connectivity index (χ1) is 7.67. The van der Waals surface area contributed by atoms with Crippen LogP contribution in [0.2, 0.25) is 0 Å². The Bertz CT molecular complexity index is 218. The number of likely N-dealkylation sites (tertiary alicyclic amines) is 1. The molecule has 1 saturated heterocycles. The molecular formula is C13H26N2O. The molecule has 1 fully saturated rings. The summed E-state index contributed by atoms with van der Waals surface area (Å²) in [5.74, 6) is 0.381. The summed E-state index contributed by atoms with van der Waals surface area (Å²) in [6.07, 6.45) is 4.30. The molecule has 0 N–H and O–H groups in total. The Hall–Kier alpha value is -0.410. The molecule has 0 aromatic rings. The van der Waals surface area contributed by atoms with Gasteiger partial charge >= 0.3 is 0 Å². The standard InChI is InChI=1S/C13H26N2O/c1-4-7-13(16)11-14(3)10-12-8-6-9-15(12)5-2/h12H,4-11H2,1-3H3. The van der Waals surface area contributed by atoms with Gasteiger partial charge in [-0.15, -0.1) is 0 Å². The predicted octanol–water partition coefficient (Wildman–Crippen LogP) is 1.77. The van der Waals surface area contributed by atoms with Crippen molar-refractivity contribution in [2.75, 3.05) is 33.2 Å². The second kappa shape index (κ2) is 7.02. The van der Waals surface area contributed by atoms with Crippen LogP contribution < -0.4 is 0 Å². The molecule has 3 heteroatoms. The number of carbonyl (C=O) groups is 1. The zero-order valence-electron chi connectivity index (χ0n) is 11.0. The summed E-state index contributed by atoms with van der Waals surface area (Å²) in [6, 6.07) is 0.671. The van der Waals surface area contributed by atoms with Crippen LogP contribution in [0.1, 0.15) is 39.5 Å². The molecule has 1 unspecified atom stereocenters. The lowest BCUT2D eigenvalue weighted by Gasteiger charge is -2.27. The van der Waals surface area contributed by atoms with Gasteiger partial charge in [-0.05, 0) is 39.4 Å². The van der Waals surface area contributed by atoms with Gasteiger partial charge in [0.15, 0.2) is 0 Å². The Balaban J connectivity index is 2.27. The van der Waals surface area contributed by atoms with Crippen LogP contribution in [0.3, 0.4) is 0 Å². The molecule has 1 aliphatic heterocycles. The Morgan fingerprint density at radius 1 is 1.44 bits per heavy atom. The third kappa shape index (κ3) is 4.22. The Labute approximate surface area is 99.8 Å². The molecular weight excluding hydrogens is 200 g/mol. The van der Waals surface area contributed by atoms with Crippen molar-refractivity contribution in [1.82, 2.24) is 9.80 Å². The lowest BCUT2D eigenvalue weighted by Crippen LogP contribution is -2.40. The van der Waals surface area contributed by atoms with E-state index in [2.05, 4.69) is 30.7 Å². The van der Waals surface area contributed by atoms with Crippen LogP contribution in [-0.4, -0.2) is 54.9 Å². The summed E-state index contributed by atoms with van der Waals surface area (Å²) in [6.45, 7) is 8.33.